The molecule has 1 aliphatic rings. The van der Waals surface area contributed by atoms with Crippen molar-refractivity contribution >= 4 is 37.6 Å². The number of benzene rings is 1. The topological polar surface area (TPSA) is 49.4 Å². The summed E-state index contributed by atoms with van der Waals surface area (Å²) in [5.41, 5.74) is 0. The Morgan fingerprint density at radius 1 is 1.50 bits per heavy atom. The molecule has 0 spiro atoms. The largest absolute Gasteiger partial charge is 0.312 e. The summed E-state index contributed by atoms with van der Waals surface area (Å²) in [7, 11) is -3.45. The summed E-state index contributed by atoms with van der Waals surface area (Å²) in [5, 5.41) is 3.73. The number of rotatable bonds is 2. The highest BCUT2D eigenvalue weighted by Gasteiger charge is 2.29. The minimum absolute atomic E-state index is 0.166. The van der Waals surface area contributed by atoms with Crippen molar-refractivity contribution < 1.29 is 8.42 Å². The van der Waals surface area contributed by atoms with Gasteiger partial charge in [-0.05, 0) is 41.1 Å². The Morgan fingerprint density at radius 3 is 2.83 bits per heavy atom. The molecule has 18 heavy (non-hydrogen) atoms. The van der Waals surface area contributed by atoms with E-state index in [0.29, 0.717) is 29.1 Å². The normalized spacial score (nSPS) is 22.1. The second-order valence-corrected chi connectivity index (χ2v) is 7.49. The number of nitrogens with zero attached hydrogens (tertiary/aromatic N) is 1. The lowest BCUT2D eigenvalue weighted by atomic mass is 10.3. The van der Waals surface area contributed by atoms with E-state index in [4.69, 9.17) is 11.6 Å². The first-order chi connectivity index (χ1) is 8.41. The third kappa shape index (κ3) is 2.88. The Kier molecular flexibility index (Phi) is 4.33. The predicted molar refractivity (Wildman–Crippen MR) is 75.4 cm³/mol. The number of halogens is 2. The molecule has 100 valence electrons. The van der Waals surface area contributed by atoms with Crippen molar-refractivity contribution in [3.63, 3.8) is 0 Å². The van der Waals surface area contributed by atoms with E-state index in [-0.39, 0.29) is 10.9 Å². The Bertz CT molecular complexity index is 550. The van der Waals surface area contributed by atoms with Crippen molar-refractivity contribution in [2.24, 2.45) is 0 Å². The molecule has 2 rings (SSSR count). The van der Waals surface area contributed by atoms with E-state index in [1.165, 1.54) is 10.4 Å². The van der Waals surface area contributed by atoms with E-state index in [9.17, 15) is 8.42 Å². The smallest absolute Gasteiger partial charge is 0.244 e. The van der Waals surface area contributed by atoms with Gasteiger partial charge in [-0.3, -0.25) is 0 Å². The molecule has 1 aliphatic heterocycles. The molecule has 4 nitrogen and oxygen atoms in total. The average molecular weight is 354 g/mol. The molecule has 1 fully saturated rings. The lowest BCUT2D eigenvalue weighted by Crippen LogP contribution is -2.51. The second-order valence-electron chi connectivity index (χ2n) is 4.29. The Labute approximate surface area is 120 Å². The molecule has 1 aromatic carbocycles. The first-order valence-corrected chi connectivity index (χ1v) is 8.21. The molecule has 0 saturated carbocycles. The summed E-state index contributed by atoms with van der Waals surface area (Å²) in [6.07, 6.45) is 0. The highest BCUT2D eigenvalue weighted by molar-refractivity contribution is 9.10. The molecular weight excluding hydrogens is 340 g/mol. The van der Waals surface area contributed by atoms with Gasteiger partial charge in [0.15, 0.2) is 0 Å². The Morgan fingerprint density at radius 2 is 2.22 bits per heavy atom. The first-order valence-electron chi connectivity index (χ1n) is 5.60. The molecule has 7 heteroatoms. The fraction of sp³-hybridized carbons (Fsp3) is 0.455. The van der Waals surface area contributed by atoms with Gasteiger partial charge in [0.1, 0.15) is 0 Å². The molecule has 1 aromatic rings. The standard InChI is InChI=1S/C11H14BrClN2O2S/c1-8-7-15(5-4-14-8)18(16,17)11-3-2-9(13)6-10(11)12/h2-3,6,8,14H,4-5,7H2,1H3. The van der Waals surface area contributed by atoms with Crippen molar-refractivity contribution in [3.8, 4) is 0 Å². The molecule has 0 aliphatic carbocycles. The molecule has 1 saturated heterocycles. The number of nitrogens with one attached hydrogen (secondary N) is 1. The van der Waals surface area contributed by atoms with Gasteiger partial charge in [0.2, 0.25) is 10.0 Å². The number of hydrogen-bond donors (Lipinski definition) is 1. The number of hydrogen-bond acceptors (Lipinski definition) is 3. The molecule has 1 heterocycles. The van der Waals surface area contributed by atoms with Gasteiger partial charge < -0.3 is 5.32 Å². The summed E-state index contributed by atoms with van der Waals surface area (Å²) in [6.45, 7) is 3.61. The zero-order chi connectivity index (χ0) is 13.3. The maximum atomic E-state index is 12.5. The van der Waals surface area contributed by atoms with Crippen LogP contribution >= 0.6 is 27.5 Å². The van der Waals surface area contributed by atoms with E-state index in [0.717, 1.165) is 0 Å². The summed E-state index contributed by atoms with van der Waals surface area (Å²) < 4.78 is 27.0. The molecule has 1 atom stereocenters. The van der Waals surface area contributed by atoms with E-state index in [1.54, 1.807) is 12.1 Å². The summed E-state index contributed by atoms with van der Waals surface area (Å²) in [4.78, 5) is 0.265. The van der Waals surface area contributed by atoms with E-state index in [2.05, 4.69) is 21.2 Å². The molecule has 1 N–H and O–H groups in total. The van der Waals surface area contributed by atoms with Gasteiger partial charge in [-0.15, -0.1) is 0 Å². The molecule has 0 bridgehead atoms. The van der Waals surface area contributed by atoms with Crippen LogP contribution in [0.3, 0.4) is 0 Å². The molecular formula is C11H14BrClN2O2S. The van der Waals surface area contributed by atoms with Crippen LogP contribution in [0, 0.1) is 0 Å². The van der Waals surface area contributed by atoms with Crippen LogP contribution in [0.25, 0.3) is 0 Å². The van der Waals surface area contributed by atoms with Gasteiger partial charge in [0, 0.05) is 35.2 Å². The van der Waals surface area contributed by atoms with Crippen LogP contribution in [0.1, 0.15) is 6.92 Å². The summed E-state index contributed by atoms with van der Waals surface area (Å²) >= 11 is 9.09. The van der Waals surface area contributed by atoms with Gasteiger partial charge in [-0.1, -0.05) is 11.6 Å². The lowest BCUT2D eigenvalue weighted by Gasteiger charge is -2.31. The predicted octanol–water partition coefficient (Wildman–Crippen LogP) is 2.08. The second kappa shape index (κ2) is 5.46. The van der Waals surface area contributed by atoms with Crippen LogP contribution < -0.4 is 5.32 Å². The summed E-state index contributed by atoms with van der Waals surface area (Å²) in [5.74, 6) is 0. The van der Waals surface area contributed by atoms with Crippen molar-refractivity contribution in [2.75, 3.05) is 19.6 Å². The zero-order valence-electron chi connectivity index (χ0n) is 9.86. The fourth-order valence-electron chi connectivity index (χ4n) is 1.94. The van der Waals surface area contributed by atoms with Crippen molar-refractivity contribution in [1.82, 2.24) is 9.62 Å². The minimum atomic E-state index is -3.45. The van der Waals surface area contributed by atoms with E-state index < -0.39 is 10.0 Å². The average Bonchev–Trinajstić information content (AvgIpc) is 2.28. The van der Waals surface area contributed by atoms with Crippen LogP contribution in [0.5, 0.6) is 0 Å². The molecule has 1 unspecified atom stereocenters. The van der Waals surface area contributed by atoms with Crippen LogP contribution in [0.4, 0.5) is 0 Å². The van der Waals surface area contributed by atoms with Crippen molar-refractivity contribution in [2.45, 2.75) is 17.9 Å². The van der Waals surface area contributed by atoms with Crippen molar-refractivity contribution in [1.29, 1.82) is 0 Å². The van der Waals surface area contributed by atoms with E-state index in [1.807, 2.05) is 6.92 Å². The third-order valence-corrected chi connectivity index (χ3v) is 5.92. The SMILES string of the molecule is CC1CN(S(=O)(=O)c2ccc(Cl)cc2Br)CCN1. The third-order valence-electron chi connectivity index (χ3n) is 2.84. The number of piperazine rings is 1. The maximum Gasteiger partial charge on any atom is 0.244 e. The van der Waals surface area contributed by atoms with Gasteiger partial charge in [-0.2, -0.15) is 4.31 Å². The minimum Gasteiger partial charge on any atom is -0.312 e. The van der Waals surface area contributed by atoms with Gasteiger partial charge in [0.05, 0.1) is 4.90 Å². The van der Waals surface area contributed by atoms with Gasteiger partial charge in [0.25, 0.3) is 0 Å². The monoisotopic (exact) mass is 352 g/mol. The van der Waals surface area contributed by atoms with Crippen LogP contribution in [0.15, 0.2) is 27.6 Å². The first kappa shape index (κ1) is 14.3. The van der Waals surface area contributed by atoms with Gasteiger partial charge in [-0.25, -0.2) is 8.42 Å². The van der Waals surface area contributed by atoms with Crippen molar-refractivity contribution in [3.05, 3.63) is 27.7 Å². The highest BCUT2D eigenvalue weighted by atomic mass is 79.9. The van der Waals surface area contributed by atoms with Crippen LogP contribution in [-0.2, 0) is 10.0 Å². The van der Waals surface area contributed by atoms with Crippen LogP contribution in [0.2, 0.25) is 5.02 Å². The van der Waals surface area contributed by atoms with Gasteiger partial charge >= 0.3 is 0 Å². The van der Waals surface area contributed by atoms with Crippen LogP contribution in [-0.4, -0.2) is 38.4 Å². The summed E-state index contributed by atoms with van der Waals surface area (Å²) in [6, 6.07) is 4.89. The molecule has 0 aromatic heterocycles. The molecule has 0 amide bonds. The maximum absolute atomic E-state index is 12.5. The quantitative estimate of drug-likeness (QED) is 0.885. The highest BCUT2D eigenvalue weighted by Crippen LogP contribution is 2.28. The zero-order valence-corrected chi connectivity index (χ0v) is 13.0. The molecule has 0 radical (unpaired) electrons. The lowest BCUT2D eigenvalue weighted by molar-refractivity contribution is 0.310. The fourth-order valence-corrected chi connectivity index (χ4v) is 4.81. The number of sulfonamides is 1. The Hall–Kier alpha value is -0.140. The Balaban J connectivity index is 2.35. The van der Waals surface area contributed by atoms with E-state index >= 15 is 0 Å².